The third kappa shape index (κ3) is 9.17. The third-order valence-electron chi connectivity index (χ3n) is 9.69. The van der Waals surface area contributed by atoms with Crippen LogP contribution in [0.5, 0.6) is 0 Å². The molecule has 2 heterocycles. The average Bonchev–Trinajstić information content (AvgIpc) is 3.23. The summed E-state index contributed by atoms with van der Waals surface area (Å²) in [6.45, 7) is 8.87. The van der Waals surface area contributed by atoms with Crippen LogP contribution in [0, 0.1) is 5.41 Å². The Morgan fingerprint density at radius 3 is 1.73 bits per heavy atom. The van der Waals surface area contributed by atoms with Gasteiger partial charge in [-0.05, 0) is 61.4 Å². The second kappa shape index (κ2) is 15.8. The molecule has 49 heavy (non-hydrogen) atoms. The first-order chi connectivity index (χ1) is 22.1. The zero-order valence-electron chi connectivity index (χ0n) is 29.7. The average molecular weight is 802 g/mol. The van der Waals surface area contributed by atoms with Gasteiger partial charge in [-0.1, -0.05) is 38.1 Å². The molecule has 0 saturated carbocycles. The molecule has 0 atom stereocenters. The summed E-state index contributed by atoms with van der Waals surface area (Å²) in [4.78, 5) is 55.2. The zero-order chi connectivity index (χ0) is 34.1. The summed E-state index contributed by atoms with van der Waals surface area (Å²) in [6, 6.07) is 16.1. The zero-order valence-corrected chi connectivity index (χ0v) is 32.9. The lowest BCUT2D eigenvalue weighted by Gasteiger charge is -2.40. The van der Waals surface area contributed by atoms with Gasteiger partial charge in [0.2, 0.25) is 0 Å². The fourth-order valence-electron chi connectivity index (χ4n) is 7.68. The van der Waals surface area contributed by atoms with Crippen molar-refractivity contribution in [1.29, 1.82) is 0 Å². The number of fused-ring (bicyclic) bond motifs is 1. The summed E-state index contributed by atoms with van der Waals surface area (Å²) >= 11 is 0. The standard InChI is InChI=1S/C38H51N5O4.2BrH/c1-38(2,25-41-36(46)31-18-13-15-27-23-28(39)24-32(33(27)31)37(41)47)26-43(5,6)21-12-8-7-11-20-42(3,4)22-14-19-40-34(44)29-16-9-10-17-30(29)35(40)45;;/h9-10,13,15-18,23-24H,7-8,11-12,14,19-22,25-26,39H2,1-6H3;2*1H/q+2;;/p-2. The van der Waals surface area contributed by atoms with E-state index in [9.17, 15) is 19.2 Å². The number of imide groups is 2. The molecule has 0 aromatic heterocycles. The Bertz CT molecular complexity index is 1690. The maximum Gasteiger partial charge on any atom is 0.261 e. The second-order valence-corrected chi connectivity index (χ2v) is 15.6. The Labute approximate surface area is 312 Å². The normalized spacial score (nSPS) is 14.7. The third-order valence-corrected chi connectivity index (χ3v) is 9.69. The molecule has 0 fully saturated rings. The van der Waals surface area contributed by atoms with Crippen LogP contribution < -0.4 is 39.7 Å². The monoisotopic (exact) mass is 799 g/mol. The predicted octanol–water partition coefficient (Wildman–Crippen LogP) is -0.548. The quantitative estimate of drug-likeness (QED) is 0.0964. The van der Waals surface area contributed by atoms with Crippen LogP contribution >= 0.6 is 0 Å². The fraction of sp³-hybridized carbons (Fsp3) is 0.474. The van der Waals surface area contributed by atoms with Gasteiger partial charge in [0.25, 0.3) is 23.6 Å². The molecule has 2 aliphatic rings. The molecule has 266 valence electrons. The van der Waals surface area contributed by atoms with Gasteiger partial charge in [0.1, 0.15) is 0 Å². The smallest absolute Gasteiger partial charge is 0.261 e. The highest BCUT2D eigenvalue weighted by Crippen LogP contribution is 2.34. The number of hydrogen-bond acceptors (Lipinski definition) is 5. The Hall–Kier alpha value is -3.12. The highest BCUT2D eigenvalue weighted by Gasteiger charge is 2.39. The van der Waals surface area contributed by atoms with Gasteiger partial charge >= 0.3 is 0 Å². The summed E-state index contributed by atoms with van der Waals surface area (Å²) < 4.78 is 1.67. The molecule has 0 saturated heterocycles. The highest BCUT2D eigenvalue weighted by atomic mass is 79.9. The molecule has 0 unspecified atom stereocenters. The summed E-state index contributed by atoms with van der Waals surface area (Å²) in [5, 5.41) is 1.52. The lowest BCUT2D eigenvalue weighted by atomic mass is 9.88. The Kier molecular flexibility index (Phi) is 13.0. The summed E-state index contributed by atoms with van der Waals surface area (Å²) in [5.74, 6) is -0.859. The molecule has 11 heteroatoms. The van der Waals surface area contributed by atoms with Gasteiger partial charge in [0, 0.05) is 41.6 Å². The summed E-state index contributed by atoms with van der Waals surface area (Å²) in [6.07, 6.45) is 5.30. The van der Waals surface area contributed by atoms with Crippen molar-refractivity contribution in [3.63, 3.8) is 0 Å². The van der Waals surface area contributed by atoms with E-state index in [2.05, 4.69) is 42.0 Å². The van der Waals surface area contributed by atoms with Crippen molar-refractivity contribution in [2.24, 2.45) is 5.41 Å². The number of anilines is 1. The summed E-state index contributed by atoms with van der Waals surface area (Å²) in [5.41, 5.74) is 8.43. The second-order valence-electron chi connectivity index (χ2n) is 15.6. The number of nitrogens with two attached hydrogens (primary N) is 1. The first-order valence-electron chi connectivity index (χ1n) is 16.9. The lowest BCUT2D eigenvalue weighted by Crippen LogP contribution is -3.00. The Balaban J connectivity index is 0.00000325. The van der Waals surface area contributed by atoms with Gasteiger partial charge in [-0.2, -0.15) is 0 Å². The highest BCUT2D eigenvalue weighted by molar-refractivity contribution is 6.26. The number of nitrogen functional groups attached to an aromatic ring is 1. The number of quaternary nitrogens is 2. The summed E-state index contributed by atoms with van der Waals surface area (Å²) in [7, 11) is 8.89. The molecule has 3 aromatic carbocycles. The van der Waals surface area contributed by atoms with E-state index in [1.54, 1.807) is 36.4 Å². The van der Waals surface area contributed by atoms with Crippen molar-refractivity contribution >= 4 is 40.1 Å². The molecule has 4 amide bonds. The van der Waals surface area contributed by atoms with Crippen molar-refractivity contribution in [3.8, 4) is 0 Å². The maximum absolute atomic E-state index is 13.6. The van der Waals surface area contributed by atoms with Gasteiger partial charge in [-0.25, -0.2) is 0 Å². The van der Waals surface area contributed by atoms with E-state index in [4.69, 9.17) is 5.73 Å². The van der Waals surface area contributed by atoms with Crippen molar-refractivity contribution in [2.75, 3.05) is 73.2 Å². The first-order valence-corrected chi connectivity index (χ1v) is 16.9. The van der Waals surface area contributed by atoms with Gasteiger partial charge in [0.15, 0.2) is 0 Å². The number of hydrogen-bond donors (Lipinski definition) is 1. The topological polar surface area (TPSA) is 101 Å². The van der Waals surface area contributed by atoms with Crippen LogP contribution in [0.1, 0.15) is 87.4 Å². The van der Waals surface area contributed by atoms with Crippen LogP contribution in [-0.2, 0) is 0 Å². The van der Waals surface area contributed by atoms with Crippen LogP contribution in [-0.4, -0.2) is 110 Å². The van der Waals surface area contributed by atoms with Crippen LogP contribution in [0.4, 0.5) is 5.69 Å². The molecule has 0 bridgehead atoms. The number of carbonyl (C=O) groups excluding carboxylic acids is 4. The number of unbranched alkanes of at least 4 members (excludes halogenated alkanes) is 3. The van der Waals surface area contributed by atoms with E-state index in [-0.39, 0.29) is 63.0 Å². The van der Waals surface area contributed by atoms with Crippen molar-refractivity contribution in [2.45, 2.75) is 46.0 Å². The van der Waals surface area contributed by atoms with Gasteiger partial charge in [0.05, 0.1) is 71.1 Å². The van der Waals surface area contributed by atoms with Gasteiger partial charge in [-0.3, -0.25) is 29.0 Å². The van der Waals surface area contributed by atoms with Gasteiger partial charge < -0.3 is 48.7 Å². The van der Waals surface area contributed by atoms with Crippen molar-refractivity contribution in [3.05, 3.63) is 76.9 Å². The molecule has 2 aliphatic heterocycles. The molecular formula is C38H51Br2N5O4. The predicted molar refractivity (Wildman–Crippen MR) is 186 cm³/mol. The maximum atomic E-state index is 13.6. The molecule has 2 N–H and O–H groups in total. The Morgan fingerprint density at radius 2 is 1.12 bits per heavy atom. The van der Waals surface area contributed by atoms with E-state index in [0.717, 1.165) is 72.6 Å². The Morgan fingerprint density at radius 1 is 0.612 bits per heavy atom. The van der Waals surface area contributed by atoms with Crippen LogP contribution in [0.25, 0.3) is 10.8 Å². The molecule has 0 spiro atoms. The van der Waals surface area contributed by atoms with Gasteiger partial charge in [-0.15, -0.1) is 0 Å². The molecule has 9 nitrogen and oxygen atoms in total. The lowest BCUT2D eigenvalue weighted by molar-refractivity contribution is -0.896. The molecule has 0 aliphatic carbocycles. The molecule has 0 radical (unpaired) electrons. The van der Waals surface area contributed by atoms with E-state index >= 15 is 0 Å². The molecule has 5 rings (SSSR count). The van der Waals surface area contributed by atoms with E-state index < -0.39 is 0 Å². The largest absolute Gasteiger partial charge is 1.00 e. The minimum atomic E-state index is -0.283. The van der Waals surface area contributed by atoms with E-state index in [1.165, 1.54) is 9.80 Å². The minimum absolute atomic E-state index is 0. The fourth-order valence-corrected chi connectivity index (χ4v) is 7.68. The van der Waals surface area contributed by atoms with Crippen LogP contribution in [0.2, 0.25) is 0 Å². The van der Waals surface area contributed by atoms with E-state index in [1.807, 2.05) is 18.2 Å². The molecular weight excluding hydrogens is 750 g/mol. The number of benzene rings is 3. The minimum Gasteiger partial charge on any atom is -1.00 e. The van der Waals surface area contributed by atoms with E-state index in [0.29, 0.717) is 46.4 Å². The van der Waals surface area contributed by atoms with Crippen molar-refractivity contribution in [1.82, 2.24) is 9.80 Å². The molecule has 3 aromatic rings. The van der Waals surface area contributed by atoms with Crippen LogP contribution in [0.15, 0.2) is 54.6 Å². The number of rotatable bonds is 15. The number of carbonyl (C=O) groups is 4. The number of amides is 4. The van der Waals surface area contributed by atoms with Crippen LogP contribution in [0.3, 0.4) is 0 Å². The first kappa shape index (κ1) is 40.3. The number of nitrogens with zero attached hydrogens (tertiary/aromatic N) is 4. The van der Waals surface area contributed by atoms with Crippen molar-refractivity contribution < 1.29 is 62.1 Å². The SMILES string of the molecule is CC(C)(CN1C(=O)c2cccc3cc(N)cc(c23)C1=O)C[N+](C)(C)CCCCCC[N+](C)(C)CCCN1C(=O)c2ccccc2C1=O.[Br-].[Br-]. The number of halogens is 2.